The highest BCUT2D eigenvalue weighted by Gasteiger charge is 2.26. The summed E-state index contributed by atoms with van der Waals surface area (Å²) in [6.07, 6.45) is 7.21. The Morgan fingerprint density at radius 1 is 1.25 bits per heavy atom. The molecule has 0 heterocycles. The third-order valence-electron chi connectivity index (χ3n) is 3.99. The molecule has 2 rings (SSSR count). The number of hydrogen-bond donors (Lipinski definition) is 1. The van der Waals surface area contributed by atoms with Crippen LogP contribution in [0.5, 0.6) is 0 Å². The van der Waals surface area contributed by atoms with E-state index < -0.39 is 0 Å². The van der Waals surface area contributed by atoms with Crippen molar-refractivity contribution in [1.82, 2.24) is 0 Å². The number of benzene rings is 1. The van der Waals surface area contributed by atoms with Crippen molar-refractivity contribution in [2.45, 2.75) is 40.0 Å². The first kappa shape index (κ1) is 14.6. The summed E-state index contributed by atoms with van der Waals surface area (Å²) in [7, 11) is 0. The van der Waals surface area contributed by atoms with Crippen molar-refractivity contribution in [2.24, 2.45) is 5.41 Å². The van der Waals surface area contributed by atoms with E-state index in [9.17, 15) is 4.79 Å². The SMILES string of the molecule is CC1=C(C=CC(=O)Nc2ccccc2)C(C)(C)CCC1. The summed E-state index contributed by atoms with van der Waals surface area (Å²) in [5.41, 5.74) is 3.72. The lowest BCUT2D eigenvalue weighted by Gasteiger charge is -2.32. The van der Waals surface area contributed by atoms with Crippen LogP contribution in [-0.4, -0.2) is 5.91 Å². The van der Waals surface area contributed by atoms with Gasteiger partial charge in [-0.3, -0.25) is 4.79 Å². The molecule has 0 unspecified atom stereocenters. The van der Waals surface area contributed by atoms with E-state index in [0.717, 1.165) is 12.1 Å². The van der Waals surface area contributed by atoms with Gasteiger partial charge in [-0.05, 0) is 49.3 Å². The van der Waals surface area contributed by atoms with Gasteiger partial charge < -0.3 is 5.32 Å². The molecule has 0 bridgehead atoms. The van der Waals surface area contributed by atoms with E-state index in [-0.39, 0.29) is 11.3 Å². The minimum absolute atomic E-state index is 0.0714. The summed E-state index contributed by atoms with van der Waals surface area (Å²) < 4.78 is 0. The second-order valence-electron chi connectivity index (χ2n) is 6.12. The second kappa shape index (κ2) is 6.08. The standard InChI is InChI=1S/C18H23NO/c1-14-8-7-13-18(2,3)16(14)11-12-17(20)19-15-9-5-4-6-10-15/h4-6,9-12H,7-8,13H2,1-3H3,(H,19,20). The van der Waals surface area contributed by atoms with E-state index in [2.05, 4.69) is 26.1 Å². The third kappa shape index (κ3) is 3.60. The van der Waals surface area contributed by atoms with Crippen LogP contribution in [0.4, 0.5) is 5.69 Å². The van der Waals surface area contributed by atoms with Crippen molar-refractivity contribution in [3.05, 3.63) is 53.6 Å². The fourth-order valence-corrected chi connectivity index (χ4v) is 2.87. The summed E-state index contributed by atoms with van der Waals surface area (Å²) in [4.78, 5) is 12.0. The van der Waals surface area contributed by atoms with E-state index in [1.807, 2.05) is 36.4 Å². The third-order valence-corrected chi connectivity index (χ3v) is 3.99. The highest BCUT2D eigenvalue weighted by atomic mass is 16.1. The molecule has 1 amide bonds. The van der Waals surface area contributed by atoms with E-state index >= 15 is 0 Å². The zero-order valence-corrected chi connectivity index (χ0v) is 12.6. The first-order valence-corrected chi connectivity index (χ1v) is 7.23. The molecule has 0 fully saturated rings. The number of carbonyl (C=O) groups is 1. The maximum Gasteiger partial charge on any atom is 0.248 e. The van der Waals surface area contributed by atoms with Crippen molar-refractivity contribution in [3.63, 3.8) is 0 Å². The minimum Gasteiger partial charge on any atom is -0.323 e. The van der Waals surface area contributed by atoms with E-state index in [0.29, 0.717) is 0 Å². The molecule has 0 aromatic heterocycles. The molecule has 106 valence electrons. The van der Waals surface area contributed by atoms with Gasteiger partial charge in [-0.25, -0.2) is 0 Å². The van der Waals surface area contributed by atoms with Crippen LogP contribution in [0.25, 0.3) is 0 Å². The van der Waals surface area contributed by atoms with Gasteiger partial charge in [0.25, 0.3) is 0 Å². The number of allylic oxidation sites excluding steroid dienone is 3. The Kier molecular flexibility index (Phi) is 4.43. The maximum atomic E-state index is 12.0. The van der Waals surface area contributed by atoms with Crippen molar-refractivity contribution in [1.29, 1.82) is 0 Å². The molecule has 0 saturated carbocycles. The normalized spacial score (nSPS) is 18.4. The Balaban J connectivity index is 2.07. The molecular weight excluding hydrogens is 246 g/mol. The van der Waals surface area contributed by atoms with Crippen LogP contribution in [0.15, 0.2) is 53.6 Å². The Morgan fingerprint density at radius 2 is 1.95 bits per heavy atom. The van der Waals surface area contributed by atoms with E-state index in [1.54, 1.807) is 6.08 Å². The molecule has 0 aliphatic heterocycles. The van der Waals surface area contributed by atoms with Gasteiger partial charge in [-0.15, -0.1) is 0 Å². The smallest absolute Gasteiger partial charge is 0.248 e. The Morgan fingerprint density at radius 3 is 2.60 bits per heavy atom. The van der Waals surface area contributed by atoms with Gasteiger partial charge in [-0.2, -0.15) is 0 Å². The topological polar surface area (TPSA) is 29.1 Å². The summed E-state index contributed by atoms with van der Waals surface area (Å²) in [5.74, 6) is -0.0714. The average molecular weight is 269 g/mol. The van der Waals surface area contributed by atoms with E-state index in [4.69, 9.17) is 0 Å². The van der Waals surface area contributed by atoms with Crippen LogP contribution < -0.4 is 5.32 Å². The molecule has 0 saturated heterocycles. The fourth-order valence-electron chi connectivity index (χ4n) is 2.87. The van der Waals surface area contributed by atoms with Gasteiger partial charge in [0.2, 0.25) is 5.91 Å². The summed E-state index contributed by atoms with van der Waals surface area (Å²) >= 11 is 0. The fraction of sp³-hybridized carbons (Fsp3) is 0.389. The highest BCUT2D eigenvalue weighted by Crippen LogP contribution is 2.40. The largest absolute Gasteiger partial charge is 0.323 e. The van der Waals surface area contributed by atoms with Crippen LogP contribution in [0.2, 0.25) is 0 Å². The molecular formula is C18H23NO. The van der Waals surface area contributed by atoms with Gasteiger partial charge in [0.15, 0.2) is 0 Å². The van der Waals surface area contributed by atoms with Crippen molar-refractivity contribution >= 4 is 11.6 Å². The first-order chi connectivity index (χ1) is 9.49. The molecule has 0 spiro atoms. The van der Waals surface area contributed by atoms with Gasteiger partial charge in [0, 0.05) is 11.8 Å². The molecule has 1 aromatic carbocycles. The number of hydrogen-bond acceptors (Lipinski definition) is 1. The molecule has 20 heavy (non-hydrogen) atoms. The van der Waals surface area contributed by atoms with Crippen LogP contribution in [-0.2, 0) is 4.79 Å². The Hall–Kier alpha value is -1.83. The van der Waals surface area contributed by atoms with Crippen LogP contribution in [0.3, 0.4) is 0 Å². The quantitative estimate of drug-likeness (QED) is 0.791. The molecule has 1 aliphatic rings. The number of rotatable bonds is 3. The van der Waals surface area contributed by atoms with Crippen molar-refractivity contribution < 1.29 is 4.79 Å². The minimum atomic E-state index is -0.0714. The molecule has 2 heteroatoms. The van der Waals surface area contributed by atoms with Crippen LogP contribution in [0.1, 0.15) is 40.0 Å². The molecule has 0 atom stereocenters. The average Bonchev–Trinajstić information content (AvgIpc) is 2.38. The summed E-state index contributed by atoms with van der Waals surface area (Å²) in [6.45, 7) is 6.69. The zero-order chi connectivity index (χ0) is 14.6. The van der Waals surface area contributed by atoms with E-state index in [1.165, 1.54) is 24.0 Å². The highest BCUT2D eigenvalue weighted by molar-refractivity contribution is 5.99. The van der Waals surface area contributed by atoms with Gasteiger partial charge in [0.05, 0.1) is 0 Å². The number of nitrogens with one attached hydrogen (secondary N) is 1. The van der Waals surface area contributed by atoms with Crippen LogP contribution >= 0.6 is 0 Å². The maximum absolute atomic E-state index is 12.0. The second-order valence-corrected chi connectivity index (χ2v) is 6.12. The van der Waals surface area contributed by atoms with Gasteiger partial charge in [0.1, 0.15) is 0 Å². The van der Waals surface area contributed by atoms with Crippen molar-refractivity contribution in [2.75, 3.05) is 5.32 Å². The predicted octanol–water partition coefficient (Wildman–Crippen LogP) is 4.71. The Bertz CT molecular complexity index is 538. The summed E-state index contributed by atoms with van der Waals surface area (Å²) in [6, 6.07) is 9.54. The van der Waals surface area contributed by atoms with Crippen molar-refractivity contribution in [3.8, 4) is 0 Å². The monoisotopic (exact) mass is 269 g/mol. The number of anilines is 1. The van der Waals surface area contributed by atoms with Gasteiger partial charge in [-0.1, -0.05) is 43.7 Å². The predicted molar refractivity (Wildman–Crippen MR) is 84.5 cm³/mol. The lowest BCUT2D eigenvalue weighted by molar-refractivity contribution is -0.111. The molecule has 0 radical (unpaired) electrons. The first-order valence-electron chi connectivity index (χ1n) is 7.23. The molecule has 2 nitrogen and oxygen atoms in total. The molecule has 1 aliphatic carbocycles. The number of amides is 1. The number of carbonyl (C=O) groups excluding carboxylic acids is 1. The van der Waals surface area contributed by atoms with Crippen LogP contribution in [0, 0.1) is 5.41 Å². The Labute approximate surface area is 121 Å². The lowest BCUT2D eigenvalue weighted by atomic mass is 9.72. The van der Waals surface area contributed by atoms with Gasteiger partial charge >= 0.3 is 0 Å². The lowest BCUT2D eigenvalue weighted by Crippen LogP contribution is -2.19. The zero-order valence-electron chi connectivity index (χ0n) is 12.6. The summed E-state index contributed by atoms with van der Waals surface area (Å²) in [5, 5.41) is 2.88. The molecule has 1 aromatic rings. The molecule has 1 N–H and O–H groups in total. The number of para-hydroxylation sites is 1.